The highest BCUT2D eigenvalue weighted by molar-refractivity contribution is 9.10. The van der Waals surface area contributed by atoms with Crippen LogP contribution in [0.1, 0.15) is 12.5 Å². The molecule has 2 N–H and O–H groups in total. The minimum Gasteiger partial charge on any atom is -0.503 e. The number of halogens is 1. The SMILES string of the molecule is CCOc1ccc(NC(=O)CN2C(=O)S/C(=C/c3cc(Br)c(O)c(OC)c3)C2=O)cc1. The first-order valence-corrected chi connectivity index (χ1v) is 10.8. The second-order valence-corrected chi connectivity index (χ2v) is 8.17. The largest absolute Gasteiger partial charge is 0.503 e. The molecule has 8 nitrogen and oxygen atoms in total. The number of phenolic OH excluding ortho intramolecular Hbond substituents is 1. The third kappa shape index (κ3) is 5.39. The lowest BCUT2D eigenvalue weighted by molar-refractivity contribution is -0.127. The molecule has 0 atom stereocenters. The molecule has 1 heterocycles. The van der Waals surface area contributed by atoms with Gasteiger partial charge in [-0.2, -0.15) is 0 Å². The van der Waals surface area contributed by atoms with Crippen molar-refractivity contribution in [3.8, 4) is 17.2 Å². The van der Waals surface area contributed by atoms with Gasteiger partial charge in [0.1, 0.15) is 12.3 Å². The zero-order valence-corrected chi connectivity index (χ0v) is 19.1. The van der Waals surface area contributed by atoms with E-state index in [1.807, 2.05) is 6.92 Å². The van der Waals surface area contributed by atoms with Crippen LogP contribution in [-0.2, 0) is 9.59 Å². The number of hydrogen-bond donors (Lipinski definition) is 2. The molecule has 0 saturated carbocycles. The minimum atomic E-state index is -0.569. The number of amides is 3. The Kier molecular flexibility index (Phi) is 7.24. The Labute approximate surface area is 191 Å². The van der Waals surface area contributed by atoms with Crippen LogP contribution in [0.5, 0.6) is 17.2 Å². The van der Waals surface area contributed by atoms with E-state index in [0.29, 0.717) is 28.1 Å². The summed E-state index contributed by atoms with van der Waals surface area (Å²) in [4.78, 5) is 38.3. The van der Waals surface area contributed by atoms with Crippen molar-refractivity contribution in [1.29, 1.82) is 0 Å². The van der Waals surface area contributed by atoms with E-state index in [9.17, 15) is 19.5 Å². The van der Waals surface area contributed by atoms with Crippen molar-refractivity contribution in [2.45, 2.75) is 6.92 Å². The Hall–Kier alpha value is -2.98. The summed E-state index contributed by atoms with van der Waals surface area (Å²) in [6, 6.07) is 9.90. The van der Waals surface area contributed by atoms with Gasteiger partial charge in [-0.25, -0.2) is 0 Å². The molecular formula is C21H19BrN2O6S. The van der Waals surface area contributed by atoms with E-state index < -0.39 is 23.6 Å². The van der Waals surface area contributed by atoms with Crippen molar-refractivity contribution in [3.63, 3.8) is 0 Å². The Morgan fingerprint density at radius 1 is 1.26 bits per heavy atom. The highest BCUT2D eigenvalue weighted by Crippen LogP contribution is 2.38. The van der Waals surface area contributed by atoms with Crippen LogP contribution in [0.4, 0.5) is 10.5 Å². The summed E-state index contributed by atoms with van der Waals surface area (Å²) in [5.74, 6) is -0.246. The van der Waals surface area contributed by atoms with Gasteiger partial charge < -0.3 is 19.9 Å². The fraction of sp³-hybridized carbons (Fsp3) is 0.190. The first kappa shape index (κ1) is 22.7. The average molecular weight is 507 g/mol. The summed E-state index contributed by atoms with van der Waals surface area (Å²) in [5, 5.41) is 12.0. The van der Waals surface area contributed by atoms with Crippen LogP contribution in [0.2, 0.25) is 0 Å². The first-order valence-electron chi connectivity index (χ1n) is 9.17. The molecule has 1 saturated heterocycles. The second kappa shape index (κ2) is 9.88. The Morgan fingerprint density at radius 3 is 2.61 bits per heavy atom. The van der Waals surface area contributed by atoms with Gasteiger partial charge in [-0.05, 0) is 82.7 Å². The summed E-state index contributed by atoms with van der Waals surface area (Å²) in [6.07, 6.45) is 1.50. The van der Waals surface area contributed by atoms with Crippen molar-refractivity contribution in [3.05, 3.63) is 51.3 Å². The maximum atomic E-state index is 12.7. The molecule has 2 aromatic rings. The number of rotatable bonds is 7. The number of aromatic hydroxyl groups is 1. The minimum absolute atomic E-state index is 0.0706. The van der Waals surface area contributed by atoms with Crippen molar-refractivity contribution in [1.82, 2.24) is 4.90 Å². The maximum absolute atomic E-state index is 12.7. The van der Waals surface area contributed by atoms with Gasteiger partial charge >= 0.3 is 0 Å². The third-order valence-corrected chi connectivity index (χ3v) is 5.70. The molecule has 3 amide bonds. The quantitative estimate of drug-likeness (QED) is 0.541. The van der Waals surface area contributed by atoms with Gasteiger partial charge in [0, 0.05) is 5.69 Å². The molecule has 1 fully saturated rings. The summed E-state index contributed by atoms with van der Waals surface area (Å²) in [6.45, 7) is 2.00. The van der Waals surface area contributed by atoms with E-state index in [2.05, 4.69) is 21.2 Å². The molecule has 31 heavy (non-hydrogen) atoms. The number of nitrogens with zero attached hydrogens (tertiary/aromatic N) is 1. The number of methoxy groups -OCH3 is 1. The van der Waals surface area contributed by atoms with Gasteiger partial charge in [0.25, 0.3) is 11.1 Å². The zero-order valence-electron chi connectivity index (χ0n) is 16.7. The number of ether oxygens (including phenoxy) is 2. The molecule has 0 bridgehead atoms. The van der Waals surface area contributed by atoms with Gasteiger partial charge in [0.05, 0.1) is 23.1 Å². The van der Waals surface area contributed by atoms with Crippen molar-refractivity contribution in [2.75, 3.05) is 25.6 Å². The van der Waals surface area contributed by atoms with Gasteiger partial charge in [-0.3, -0.25) is 19.3 Å². The van der Waals surface area contributed by atoms with E-state index in [1.54, 1.807) is 30.3 Å². The second-order valence-electron chi connectivity index (χ2n) is 6.33. The number of nitrogens with one attached hydrogen (secondary N) is 1. The molecule has 0 aliphatic carbocycles. The highest BCUT2D eigenvalue weighted by atomic mass is 79.9. The number of hydrogen-bond acceptors (Lipinski definition) is 7. The summed E-state index contributed by atoms with van der Waals surface area (Å²) < 4.78 is 10.8. The van der Waals surface area contributed by atoms with Gasteiger partial charge in [-0.1, -0.05) is 0 Å². The molecule has 0 aromatic heterocycles. The Balaban J connectivity index is 1.69. The first-order chi connectivity index (χ1) is 14.8. The molecule has 0 spiro atoms. The number of anilines is 1. The van der Waals surface area contributed by atoms with Crippen LogP contribution >= 0.6 is 27.7 Å². The fourth-order valence-corrected chi connectivity index (χ4v) is 4.06. The van der Waals surface area contributed by atoms with Crippen LogP contribution in [-0.4, -0.2) is 47.3 Å². The molecule has 2 aromatic carbocycles. The fourth-order valence-electron chi connectivity index (χ4n) is 2.77. The zero-order chi connectivity index (χ0) is 22.5. The molecule has 1 aliphatic heterocycles. The molecule has 3 rings (SSSR count). The Bertz CT molecular complexity index is 1050. The van der Waals surface area contributed by atoms with Gasteiger partial charge in [-0.15, -0.1) is 0 Å². The summed E-state index contributed by atoms with van der Waals surface area (Å²) >= 11 is 3.95. The summed E-state index contributed by atoms with van der Waals surface area (Å²) in [7, 11) is 1.40. The van der Waals surface area contributed by atoms with Gasteiger partial charge in [0.2, 0.25) is 5.91 Å². The topological polar surface area (TPSA) is 105 Å². The van der Waals surface area contributed by atoms with Crippen LogP contribution < -0.4 is 14.8 Å². The lowest BCUT2D eigenvalue weighted by Gasteiger charge is -2.13. The van der Waals surface area contributed by atoms with E-state index >= 15 is 0 Å². The normalized spacial score (nSPS) is 14.8. The van der Waals surface area contributed by atoms with Crippen LogP contribution in [0.25, 0.3) is 6.08 Å². The van der Waals surface area contributed by atoms with Crippen molar-refractivity contribution in [2.24, 2.45) is 0 Å². The highest BCUT2D eigenvalue weighted by Gasteiger charge is 2.36. The van der Waals surface area contributed by atoms with Gasteiger partial charge in [0.15, 0.2) is 11.5 Å². The smallest absolute Gasteiger partial charge is 0.294 e. The van der Waals surface area contributed by atoms with Crippen LogP contribution in [0.3, 0.4) is 0 Å². The van der Waals surface area contributed by atoms with Crippen molar-refractivity contribution >= 4 is 56.5 Å². The van der Waals surface area contributed by atoms with E-state index in [-0.39, 0.29) is 16.4 Å². The maximum Gasteiger partial charge on any atom is 0.294 e. The lowest BCUT2D eigenvalue weighted by atomic mass is 10.2. The van der Waals surface area contributed by atoms with E-state index in [1.165, 1.54) is 19.3 Å². The number of carbonyl (C=O) groups is 3. The van der Waals surface area contributed by atoms with Crippen LogP contribution in [0, 0.1) is 0 Å². The third-order valence-electron chi connectivity index (χ3n) is 4.19. The number of benzene rings is 2. The average Bonchev–Trinajstić information content (AvgIpc) is 2.99. The lowest BCUT2D eigenvalue weighted by Crippen LogP contribution is -2.36. The van der Waals surface area contributed by atoms with E-state index in [0.717, 1.165) is 16.7 Å². The number of thioether (sulfide) groups is 1. The molecule has 162 valence electrons. The Morgan fingerprint density at radius 2 is 1.97 bits per heavy atom. The van der Waals surface area contributed by atoms with Crippen LogP contribution in [0.15, 0.2) is 45.8 Å². The van der Waals surface area contributed by atoms with E-state index in [4.69, 9.17) is 9.47 Å². The monoisotopic (exact) mass is 506 g/mol. The molecule has 0 unspecified atom stereocenters. The standard InChI is InChI=1S/C21H19BrN2O6S/c1-3-30-14-6-4-13(5-7-14)23-18(25)11-24-20(27)17(31-21(24)28)10-12-8-15(22)19(26)16(9-12)29-2/h4-10,26H,3,11H2,1-2H3,(H,23,25)/b17-10+. The predicted octanol–water partition coefficient (Wildman–Crippen LogP) is 4.24. The molecule has 1 aliphatic rings. The predicted molar refractivity (Wildman–Crippen MR) is 121 cm³/mol. The number of carbonyl (C=O) groups excluding carboxylic acids is 3. The summed E-state index contributed by atoms with van der Waals surface area (Å²) in [5.41, 5.74) is 1.07. The molecular weight excluding hydrogens is 488 g/mol. The molecule has 0 radical (unpaired) electrons. The van der Waals surface area contributed by atoms with Crippen molar-refractivity contribution < 1.29 is 29.0 Å². The number of phenols is 1. The number of imide groups is 1. The molecule has 10 heteroatoms.